The van der Waals surface area contributed by atoms with Crippen LogP contribution in [0.2, 0.25) is 0 Å². The number of rotatable bonds is 5. The molecule has 0 aliphatic rings. The second-order valence-corrected chi connectivity index (χ2v) is 4.50. The van der Waals surface area contributed by atoms with Gasteiger partial charge in [-0.1, -0.05) is 0 Å². The van der Waals surface area contributed by atoms with E-state index in [1.807, 2.05) is 13.1 Å². The van der Waals surface area contributed by atoms with E-state index in [4.69, 9.17) is 5.73 Å². The molecule has 1 amide bonds. The summed E-state index contributed by atoms with van der Waals surface area (Å²) in [4.78, 5) is 11.8. The average Bonchev–Trinajstić information content (AvgIpc) is 2.81. The van der Waals surface area contributed by atoms with Gasteiger partial charge in [-0.15, -0.1) is 0 Å². The van der Waals surface area contributed by atoms with Gasteiger partial charge in [0.1, 0.15) is 0 Å². The summed E-state index contributed by atoms with van der Waals surface area (Å²) < 4.78 is 0. The normalized spacial score (nSPS) is 10.4. The number of nitrogens with two attached hydrogens (primary N) is 1. The molecule has 2 aromatic rings. The number of nitrogen functional groups attached to an aromatic ring is 1. The number of H-pyrrole nitrogens is 1. The van der Waals surface area contributed by atoms with Gasteiger partial charge >= 0.3 is 0 Å². The van der Waals surface area contributed by atoms with Crippen LogP contribution in [0.4, 0.5) is 5.69 Å². The van der Waals surface area contributed by atoms with Crippen molar-refractivity contribution >= 4 is 11.6 Å². The number of hydrogen-bond acceptors (Lipinski definition) is 3. The van der Waals surface area contributed by atoms with Gasteiger partial charge in [-0.3, -0.25) is 9.89 Å². The molecule has 19 heavy (non-hydrogen) atoms. The molecule has 1 aromatic heterocycles. The summed E-state index contributed by atoms with van der Waals surface area (Å²) in [5.41, 5.74) is 9.15. The molecule has 0 saturated heterocycles. The molecule has 0 unspecified atom stereocenters. The Hall–Kier alpha value is -2.30. The third-order valence-corrected chi connectivity index (χ3v) is 3.02. The minimum atomic E-state index is -0.0658. The number of aryl methyl sites for hydroxylation is 2. The molecular weight excluding hydrogens is 240 g/mol. The maximum Gasteiger partial charge on any atom is 0.251 e. The largest absolute Gasteiger partial charge is 0.399 e. The van der Waals surface area contributed by atoms with Crippen LogP contribution in [-0.4, -0.2) is 22.6 Å². The number of benzene rings is 1. The molecule has 4 N–H and O–H groups in total. The Morgan fingerprint density at radius 3 is 2.74 bits per heavy atom. The smallest absolute Gasteiger partial charge is 0.251 e. The first-order chi connectivity index (χ1) is 9.16. The highest BCUT2D eigenvalue weighted by atomic mass is 16.1. The zero-order valence-electron chi connectivity index (χ0n) is 10.9. The van der Waals surface area contributed by atoms with E-state index in [-0.39, 0.29) is 5.91 Å². The molecule has 2 rings (SSSR count). The van der Waals surface area contributed by atoms with Crippen LogP contribution in [0.15, 0.2) is 30.5 Å². The zero-order chi connectivity index (χ0) is 13.7. The quantitative estimate of drug-likeness (QED) is 0.563. The first kappa shape index (κ1) is 13.1. The molecule has 0 atom stereocenters. The van der Waals surface area contributed by atoms with E-state index in [1.165, 1.54) is 5.56 Å². The lowest BCUT2D eigenvalue weighted by Gasteiger charge is -2.05. The van der Waals surface area contributed by atoms with Gasteiger partial charge in [0.05, 0.1) is 6.20 Å². The third kappa shape index (κ3) is 3.58. The summed E-state index contributed by atoms with van der Waals surface area (Å²) in [6, 6.07) is 6.91. The van der Waals surface area contributed by atoms with Crippen LogP contribution < -0.4 is 11.1 Å². The Morgan fingerprint density at radius 2 is 2.11 bits per heavy atom. The number of carbonyl (C=O) groups excluding carboxylic acids is 1. The minimum absolute atomic E-state index is 0.0658. The molecule has 0 fully saturated rings. The average molecular weight is 258 g/mol. The fourth-order valence-corrected chi connectivity index (χ4v) is 1.85. The monoisotopic (exact) mass is 258 g/mol. The van der Waals surface area contributed by atoms with Crippen molar-refractivity contribution < 1.29 is 4.79 Å². The summed E-state index contributed by atoms with van der Waals surface area (Å²) in [6.07, 6.45) is 3.63. The molecule has 0 aliphatic carbocycles. The van der Waals surface area contributed by atoms with Crippen molar-refractivity contribution in [2.75, 3.05) is 12.3 Å². The Morgan fingerprint density at radius 1 is 1.37 bits per heavy atom. The molecule has 0 saturated carbocycles. The maximum atomic E-state index is 11.8. The maximum absolute atomic E-state index is 11.8. The highest BCUT2D eigenvalue weighted by molar-refractivity contribution is 5.94. The lowest BCUT2D eigenvalue weighted by atomic mass is 10.1. The summed E-state index contributed by atoms with van der Waals surface area (Å²) in [6.45, 7) is 2.64. The first-order valence-corrected chi connectivity index (χ1v) is 6.29. The molecule has 5 heteroatoms. The zero-order valence-corrected chi connectivity index (χ0v) is 10.9. The molecule has 5 nitrogen and oxygen atoms in total. The van der Waals surface area contributed by atoms with Crippen molar-refractivity contribution in [2.45, 2.75) is 19.8 Å². The lowest BCUT2D eigenvalue weighted by molar-refractivity contribution is 0.0953. The molecule has 0 bridgehead atoms. The van der Waals surface area contributed by atoms with Crippen LogP contribution in [0.3, 0.4) is 0 Å². The van der Waals surface area contributed by atoms with Crippen molar-refractivity contribution in [1.82, 2.24) is 15.5 Å². The molecule has 1 aromatic carbocycles. The summed E-state index contributed by atoms with van der Waals surface area (Å²) >= 11 is 0. The van der Waals surface area contributed by atoms with E-state index in [0.29, 0.717) is 17.8 Å². The molecule has 1 heterocycles. The second-order valence-electron chi connectivity index (χ2n) is 4.50. The van der Waals surface area contributed by atoms with Crippen molar-refractivity contribution in [1.29, 1.82) is 0 Å². The molecule has 0 radical (unpaired) electrons. The number of carbonyl (C=O) groups is 1. The van der Waals surface area contributed by atoms with Gasteiger partial charge in [-0.05, 0) is 49.6 Å². The van der Waals surface area contributed by atoms with E-state index < -0.39 is 0 Å². The highest BCUT2D eigenvalue weighted by Crippen LogP contribution is 2.06. The SMILES string of the molecule is Cc1[nH]ncc1CCCNC(=O)c1ccc(N)cc1. The van der Waals surface area contributed by atoms with E-state index in [0.717, 1.165) is 18.5 Å². The second kappa shape index (κ2) is 6.04. The molecule has 100 valence electrons. The standard InChI is InChI=1S/C14H18N4O/c1-10-12(9-17-18-10)3-2-8-16-14(19)11-4-6-13(15)7-5-11/h4-7,9H,2-3,8,15H2,1H3,(H,16,19)(H,17,18). The van der Waals surface area contributed by atoms with Crippen molar-refractivity contribution in [3.63, 3.8) is 0 Å². The predicted octanol–water partition coefficient (Wildman–Crippen LogP) is 1.66. The Kier molecular flexibility index (Phi) is 4.18. The first-order valence-electron chi connectivity index (χ1n) is 6.29. The van der Waals surface area contributed by atoms with Crippen molar-refractivity contribution in [3.05, 3.63) is 47.3 Å². The van der Waals surface area contributed by atoms with Crippen LogP contribution in [0.25, 0.3) is 0 Å². The number of anilines is 1. The number of amides is 1. The van der Waals surface area contributed by atoms with Gasteiger partial charge in [0, 0.05) is 23.5 Å². The van der Waals surface area contributed by atoms with Crippen molar-refractivity contribution in [3.8, 4) is 0 Å². The number of nitrogens with one attached hydrogen (secondary N) is 2. The summed E-state index contributed by atoms with van der Waals surface area (Å²) in [7, 11) is 0. The molecule has 0 aliphatic heterocycles. The molecule has 0 spiro atoms. The Labute approximate surface area is 112 Å². The lowest BCUT2D eigenvalue weighted by Crippen LogP contribution is -2.24. The predicted molar refractivity (Wildman–Crippen MR) is 74.8 cm³/mol. The number of aromatic amines is 1. The number of aromatic nitrogens is 2. The fourth-order valence-electron chi connectivity index (χ4n) is 1.85. The Bertz CT molecular complexity index is 545. The Balaban J connectivity index is 1.75. The summed E-state index contributed by atoms with van der Waals surface area (Å²) in [5.74, 6) is -0.0658. The van der Waals surface area contributed by atoms with Crippen LogP contribution in [0.5, 0.6) is 0 Å². The van der Waals surface area contributed by atoms with Gasteiger partial charge < -0.3 is 11.1 Å². The van der Waals surface area contributed by atoms with E-state index >= 15 is 0 Å². The highest BCUT2D eigenvalue weighted by Gasteiger charge is 2.04. The number of nitrogens with zero attached hydrogens (tertiary/aromatic N) is 1. The van der Waals surface area contributed by atoms with Crippen LogP contribution >= 0.6 is 0 Å². The van der Waals surface area contributed by atoms with E-state index in [9.17, 15) is 4.79 Å². The number of hydrogen-bond donors (Lipinski definition) is 3. The van der Waals surface area contributed by atoms with Gasteiger partial charge in [0.15, 0.2) is 0 Å². The van der Waals surface area contributed by atoms with Gasteiger partial charge in [-0.25, -0.2) is 0 Å². The van der Waals surface area contributed by atoms with Crippen molar-refractivity contribution in [2.24, 2.45) is 0 Å². The van der Waals surface area contributed by atoms with Crippen LogP contribution in [-0.2, 0) is 6.42 Å². The topological polar surface area (TPSA) is 83.8 Å². The fraction of sp³-hybridized carbons (Fsp3) is 0.286. The van der Waals surface area contributed by atoms with Gasteiger partial charge in [0.2, 0.25) is 0 Å². The minimum Gasteiger partial charge on any atom is -0.399 e. The van der Waals surface area contributed by atoms with E-state index in [2.05, 4.69) is 15.5 Å². The van der Waals surface area contributed by atoms with Gasteiger partial charge in [0.25, 0.3) is 5.91 Å². The third-order valence-electron chi connectivity index (χ3n) is 3.02. The summed E-state index contributed by atoms with van der Waals surface area (Å²) in [5, 5.41) is 9.76. The molecular formula is C14H18N4O. The van der Waals surface area contributed by atoms with Crippen LogP contribution in [0.1, 0.15) is 28.0 Å². The van der Waals surface area contributed by atoms with Gasteiger partial charge in [-0.2, -0.15) is 5.10 Å². The van der Waals surface area contributed by atoms with E-state index in [1.54, 1.807) is 24.3 Å². The van der Waals surface area contributed by atoms with Crippen LogP contribution in [0, 0.1) is 6.92 Å².